The summed E-state index contributed by atoms with van der Waals surface area (Å²) in [6, 6.07) is 9.24. The molecule has 0 saturated heterocycles. The maximum atomic E-state index is 11.4. The number of aromatic nitrogens is 1. The quantitative estimate of drug-likeness (QED) is 0.913. The van der Waals surface area contributed by atoms with Crippen LogP contribution in [0.4, 0.5) is 11.5 Å². The molecular weight excluding hydrogens is 290 g/mol. The molecule has 1 amide bonds. The minimum atomic E-state index is -0.145. The second-order valence-corrected chi connectivity index (χ2v) is 5.20. The van der Waals surface area contributed by atoms with E-state index < -0.39 is 0 Å². The van der Waals surface area contributed by atoms with Gasteiger partial charge >= 0.3 is 0 Å². The van der Waals surface area contributed by atoms with Gasteiger partial charge in [-0.15, -0.1) is 0 Å². The minimum Gasteiger partial charge on any atom is -0.482 e. The topological polar surface area (TPSA) is 63.2 Å². The lowest BCUT2D eigenvalue weighted by Gasteiger charge is -2.21. The Kier molecular flexibility index (Phi) is 3.66. The number of fused-ring (bicyclic) bond motifs is 1. The summed E-state index contributed by atoms with van der Waals surface area (Å²) >= 11 is 6.09. The Balaban J connectivity index is 1.82. The van der Waals surface area contributed by atoms with Crippen LogP contribution in [0.3, 0.4) is 0 Å². The molecule has 3 rings (SSSR count). The van der Waals surface area contributed by atoms with Crippen molar-refractivity contribution in [3.05, 3.63) is 47.1 Å². The molecule has 1 aromatic heterocycles. The first-order chi connectivity index (χ1) is 10.1. The van der Waals surface area contributed by atoms with Crippen molar-refractivity contribution >= 4 is 29.0 Å². The maximum Gasteiger partial charge on any atom is 0.262 e. The first kappa shape index (κ1) is 13.7. The van der Waals surface area contributed by atoms with Crippen molar-refractivity contribution in [2.45, 2.75) is 13.0 Å². The highest BCUT2D eigenvalue weighted by atomic mass is 35.5. The van der Waals surface area contributed by atoms with E-state index in [4.69, 9.17) is 16.3 Å². The number of benzene rings is 1. The van der Waals surface area contributed by atoms with Crippen LogP contribution >= 0.6 is 11.6 Å². The summed E-state index contributed by atoms with van der Waals surface area (Å²) in [4.78, 5) is 15.6. The van der Waals surface area contributed by atoms with Crippen molar-refractivity contribution in [1.29, 1.82) is 0 Å². The van der Waals surface area contributed by atoms with Crippen molar-refractivity contribution in [1.82, 2.24) is 4.98 Å². The van der Waals surface area contributed by atoms with Gasteiger partial charge in [-0.05, 0) is 36.8 Å². The molecule has 0 saturated carbocycles. The van der Waals surface area contributed by atoms with Crippen LogP contribution in [0.5, 0.6) is 5.75 Å². The smallest absolute Gasteiger partial charge is 0.262 e. The number of amides is 1. The molecule has 2 N–H and O–H groups in total. The highest BCUT2D eigenvalue weighted by Crippen LogP contribution is 2.32. The number of carbonyl (C=O) groups excluding carboxylic acids is 1. The van der Waals surface area contributed by atoms with Crippen molar-refractivity contribution in [2.75, 3.05) is 17.2 Å². The van der Waals surface area contributed by atoms with Gasteiger partial charge in [0.15, 0.2) is 6.61 Å². The molecule has 0 spiro atoms. The number of hydrogen-bond acceptors (Lipinski definition) is 4. The molecule has 0 bridgehead atoms. The van der Waals surface area contributed by atoms with E-state index in [1.807, 2.05) is 25.1 Å². The second kappa shape index (κ2) is 5.61. The molecule has 5 nitrogen and oxygen atoms in total. The van der Waals surface area contributed by atoms with E-state index in [0.717, 1.165) is 5.56 Å². The van der Waals surface area contributed by atoms with Crippen LogP contribution < -0.4 is 15.4 Å². The van der Waals surface area contributed by atoms with Gasteiger partial charge in [-0.1, -0.05) is 17.7 Å². The van der Waals surface area contributed by atoms with Crippen molar-refractivity contribution in [3.63, 3.8) is 0 Å². The molecule has 1 unspecified atom stereocenters. The predicted molar refractivity (Wildman–Crippen MR) is 81.9 cm³/mol. The average Bonchev–Trinajstić information content (AvgIpc) is 2.48. The SMILES string of the molecule is CC(Nc1ncccc1Cl)c1ccc2c(c1)NC(=O)CO2. The number of nitrogens with zero attached hydrogens (tertiary/aromatic N) is 1. The largest absolute Gasteiger partial charge is 0.482 e. The first-order valence-electron chi connectivity index (χ1n) is 6.57. The summed E-state index contributed by atoms with van der Waals surface area (Å²) in [7, 11) is 0. The van der Waals surface area contributed by atoms with Gasteiger partial charge in [-0.2, -0.15) is 0 Å². The molecule has 108 valence electrons. The number of nitrogens with one attached hydrogen (secondary N) is 2. The fraction of sp³-hybridized carbons (Fsp3) is 0.200. The second-order valence-electron chi connectivity index (χ2n) is 4.79. The van der Waals surface area contributed by atoms with E-state index in [1.165, 1.54) is 0 Å². The number of pyridine rings is 1. The zero-order valence-corrected chi connectivity index (χ0v) is 12.1. The van der Waals surface area contributed by atoms with Gasteiger partial charge in [-0.3, -0.25) is 4.79 Å². The van der Waals surface area contributed by atoms with Gasteiger partial charge in [0.1, 0.15) is 11.6 Å². The van der Waals surface area contributed by atoms with Gasteiger partial charge in [0.2, 0.25) is 0 Å². The Morgan fingerprint density at radius 1 is 1.43 bits per heavy atom. The summed E-state index contributed by atoms with van der Waals surface area (Å²) in [6.07, 6.45) is 1.68. The van der Waals surface area contributed by atoms with Crippen LogP contribution in [-0.4, -0.2) is 17.5 Å². The molecule has 1 aliphatic heterocycles. The zero-order valence-electron chi connectivity index (χ0n) is 11.4. The number of rotatable bonds is 3. The third kappa shape index (κ3) is 2.92. The third-order valence-electron chi connectivity index (χ3n) is 3.25. The van der Waals surface area contributed by atoms with Crippen LogP contribution in [0.2, 0.25) is 5.02 Å². The van der Waals surface area contributed by atoms with E-state index in [0.29, 0.717) is 22.3 Å². The number of ether oxygens (including phenoxy) is 1. The van der Waals surface area contributed by atoms with Crippen molar-refractivity contribution in [3.8, 4) is 5.75 Å². The van der Waals surface area contributed by atoms with Crippen LogP contribution in [0.1, 0.15) is 18.5 Å². The van der Waals surface area contributed by atoms with Crippen LogP contribution in [-0.2, 0) is 4.79 Å². The zero-order chi connectivity index (χ0) is 14.8. The van der Waals surface area contributed by atoms with E-state index >= 15 is 0 Å². The summed E-state index contributed by atoms with van der Waals surface area (Å²) in [5, 5.41) is 6.61. The van der Waals surface area contributed by atoms with Gasteiger partial charge < -0.3 is 15.4 Å². The predicted octanol–water partition coefficient (Wildman–Crippen LogP) is 3.24. The van der Waals surface area contributed by atoms with Gasteiger partial charge in [0.05, 0.1) is 16.8 Å². The van der Waals surface area contributed by atoms with Crippen LogP contribution in [0, 0.1) is 0 Å². The fourth-order valence-electron chi connectivity index (χ4n) is 2.15. The third-order valence-corrected chi connectivity index (χ3v) is 3.55. The molecule has 21 heavy (non-hydrogen) atoms. The number of anilines is 2. The summed E-state index contributed by atoms with van der Waals surface area (Å²) in [6.45, 7) is 2.06. The lowest BCUT2D eigenvalue weighted by atomic mass is 10.1. The summed E-state index contributed by atoms with van der Waals surface area (Å²) in [5.41, 5.74) is 1.69. The average molecular weight is 304 g/mol. The Morgan fingerprint density at radius 2 is 2.29 bits per heavy atom. The highest BCUT2D eigenvalue weighted by molar-refractivity contribution is 6.32. The van der Waals surface area contributed by atoms with Crippen molar-refractivity contribution in [2.24, 2.45) is 0 Å². The molecule has 0 aliphatic carbocycles. The molecule has 1 aromatic carbocycles. The number of carbonyl (C=O) groups is 1. The Morgan fingerprint density at radius 3 is 3.10 bits per heavy atom. The Hall–Kier alpha value is -2.27. The first-order valence-corrected chi connectivity index (χ1v) is 6.95. The van der Waals surface area contributed by atoms with E-state index in [2.05, 4.69) is 15.6 Å². The maximum absolute atomic E-state index is 11.4. The Bertz CT molecular complexity index is 690. The normalized spacial score (nSPS) is 14.7. The minimum absolute atomic E-state index is 0.0125. The number of halogens is 1. The summed E-state index contributed by atoms with van der Waals surface area (Å²) in [5.74, 6) is 1.17. The van der Waals surface area contributed by atoms with Gasteiger partial charge in [0.25, 0.3) is 5.91 Å². The molecule has 0 fully saturated rings. The molecule has 6 heteroatoms. The molecular formula is C15H14ClN3O2. The summed E-state index contributed by atoms with van der Waals surface area (Å²) < 4.78 is 5.34. The number of hydrogen-bond donors (Lipinski definition) is 2. The van der Waals surface area contributed by atoms with Gasteiger partial charge in [0, 0.05) is 6.20 Å². The van der Waals surface area contributed by atoms with E-state index in [1.54, 1.807) is 18.3 Å². The fourth-order valence-corrected chi connectivity index (χ4v) is 2.33. The molecule has 2 aromatic rings. The van der Waals surface area contributed by atoms with Crippen LogP contribution in [0.15, 0.2) is 36.5 Å². The monoisotopic (exact) mass is 303 g/mol. The van der Waals surface area contributed by atoms with Crippen LogP contribution in [0.25, 0.3) is 0 Å². The lowest BCUT2D eigenvalue weighted by molar-refractivity contribution is -0.118. The standard InChI is InChI=1S/C15H14ClN3O2/c1-9(18-15-11(16)3-2-6-17-15)10-4-5-13-12(7-10)19-14(20)8-21-13/h2-7,9H,8H2,1H3,(H,17,18)(H,19,20). The molecule has 1 aliphatic rings. The molecule has 0 radical (unpaired) electrons. The molecule has 1 atom stereocenters. The lowest BCUT2D eigenvalue weighted by Crippen LogP contribution is -2.25. The van der Waals surface area contributed by atoms with Crippen molar-refractivity contribution < 1.29 is 9.53 Å². The van der Waals surface area contributed by atoms with E-state index in [-0.39, 0.29) is 18.6 Å². The Labute approximate surface area is 127 Å². The highest BCUT2D eigenvalue weighted by Gasteiger charge is 2.17. The van der Waals surface area contributed by atoms with Gasteiger partial charge in [-0.25, -0.2) is 4.98 Å². The molecule has 2 heterocycles. The van der Waals surface area contributed by atoms with E-state index in [9.17, 15) is 4.79 Å².